The quantitative estimate of drug-likeness (QED) is 0.122. The molecule has 0 spiro atoms. The van der Waals surface area contributed by atoms with Gasteiger partial charge in [0.05, 0.1) is 28.6 Å². The summed E-state index contributed by atoms with van der Waals surface area (Å²) in [5.74, 6) is 2.94. The van der Waals surface area contributed by atoms with Crippen LogP contribution >= 0.6 is 0 Å². The number of aromatic nitrogens is 1. The molecule has 3 aromatic rings. The van der Waals surface area contributed by atoms with Gasteiger partial charge in [-0.1, -0.05) is 30.9 Å². The van der Waals surface area contributed by atoms with Crippen LogP contribution in [0.25, 0.3) is 10.9 Å². The van der Waals surface area contributed by atoms with Crippen molar-refractivity contribution < 1.29 is 14.6 Å². The molecule has 1 aliphatic carbocycles. The predicted octanol–water partition coefficient (Wildman–Crippen LogP) is 6.13. The van der Waals surface area contributed by atoms with E-state index in [1.54, 1.807) is 12.3 Å². The molecule has 0 saturated heterocycles. The fraction of sp³-hybridized carbons (Fsp3) is 0.382. The molecule has 0 unspecified atom stereocenters. The minimum atomic E-state index is -0.261. The third-order valence-electron chi connectivity index (χ3n) is 7.38. The number of carbonyl (C=O) groups is 1. The number of nitrogens with zero attached hydrogens (tertiary/aromatic N) is 3. The zero-order valence-corrected chi connectivity index (χ0v) is 24.2. The Bertz CT molecular complexity index is 1480. The van der Waals surface area contributed by atoms with Crippen LogP contribution in [-0.2, 0) is 4.79 Å². The number of amides is 1. The molecule has 1 aromatic heterocycles. The molecule has 3 N–H and O–H groups in total. The maximum atomic E-state index is 13.0. The van der Waals surface area contributed by atoms with Crippen molar-refractivity contribution in [3.63, 3.8) is 0 Å². The van der Waals surface area contributed by atoms with Crippen molar-refractivity contribution in [1.82, 2.24) is 9.88 Å². The lowest BCUT2D eigenvalue weighted by atomic mass is 10.1. The van der Waals surface area contributed by atoms with Gasteiger partial charge >= 0.3 is 0 Å². The van der Waals surface area contributed by atoms with Crippen LogP contribution < -0.4 is 15.4 Å². The zero-order valence-electron chi connectivity index (χ0n) is 24.2. The maximum absolute atomic E-state index is 13.0. The van der Waals surface area contributed by atoms with E-state index in [2.05, 4.69) is 32.5 Å². The number of hydrogen-bond donors (Lipinski definition) is 3. The number of likely N-dealkylation sites (N-methyl/N-ethyl adjacent to an activating group) is 1. The molecular formula is C34H39N5O3. The van der Waals surface area contributed by atoms with Gasteiger partial charge in [0.25, 0.3) is 0 Å². The standard InChI is InChI=1S/C34H39N5O3/c1-3-25-12-10-13-27(20-25)37-34-26(23-35)24-36-30-22-32(42-28-14-6-7-15-28)31(21-29(30)34)38-33(41)16-11-18-39(2)17-8-4-5-9-19-40/h1,10-13,16,20-22,24,28,40H,4-9,14-15,17-19H2,2H3,(H,36,37)(H,38,41)/b16-11+. The highest BCUT2D eigenvalue weighted by Gasteiger charge is 2.21. The molecule has 1 heterocycles. The van der Waals surface area contributed by atoms with E-state index in [0.717, 1.165) is 69.2 Å². The van der Waals surface area contributed by atoms with Gasteiger partial charge in [0.1, 0.15) is 11.8 Å². The Labute approximate surface area is 248 Å². The number of ether oxygens (including phenoxy) is 1. The van der Waals surface area contributed by atoms with E-state index >= 15 is 0 Å². The molecule has 0 bridgehead atoms. The molecule has 1 amide bonds. The minimum absolute atomic E-state index is 0.0853. The summed E-state index contributed by atoms with van der Waals surface area (Å²) in [6.07, 6.45) is 18.8. The first-order valence-electron chi connectivity index (χ1n) is 14.6. The molecule has 4 rings (SSSR count). The maximum Gasteiger partial charge on any atom is 0.248 e. The Morgan fingerprint density at radius 3 is 2.79 bits per heavy atom. The van der Waals surface area contributed by atoms with Gasteiger partial charge in [0, 0.05) is 48.1 Å². The highest BCUT2D eigenvalue weighted by Crippen LogP contribution is 2.38. The van der Waals surface area contributed by atoms with E-state index in [1.165, 1.54) is 0 Å². The first-order valence-corrected chi connectivity index (χ1v) is 14.6. The third kappa shape index (κ3) is 8.57. The lowest BCUT2D eigenvalue weighted by molar-refractivity contribution is -0.111. The van der Waals surface area contributed by atoms with E-state index < -0.39 is 0 Å². The van der Waals surface area contributed by atoms with Crippen molar-refractivity contribution in [2.45, 2.75) is 57.5 Å². The fourth-order valence-corrected chi connectivity index (χ4v) is 5.10. The van der Waals surface area contributed by atoms with Gasteiger partial charge in [0.15, 0.2) is 0 Å². The number of benzene rings is 2. The summed E-state index contributed by atoms with van der Waals surface area (Å²) < 4.78 is 6.37. The number of nitriles is 1. The van der Waals surface area contributed by atoms with Gasteiger partial charge in [-0.05, 0) is 76.4 Å². The smallest absolute Gasteiger partial charge is 0.248 e. The lowest BCUT2D eigenvalue weighted by Crippen LogP contribution is -2.20. The number of anilines is 3. The number of pyridine rings is 1. The number of hydrogen-bond acceptors (Lipinski definition) is 7. The van der Waals surface area contributed by atoms with Crippen LogP contribution in [0.1, 0.15) is 62.5 Å². The summed E-state index contributed by atoms with van der Waals surface area (Å²) in [5, 5.41) is 25.8. The molecule has 8 heteroatoms. The van der Waals surface area contributed by atoms with E-state index in [0.29, 0.717) is 40.1 Å². The first kappa shape index (κ1) is 30.6. The number of aliphatic hydroxyl groups is 1. The average molecular weight is 566 g/mol. The molecule has 1 fully saturated rings. The number of terminal acetylenes is 1. The monoisotopic (exact) mass is 565 g/mol. The number of rotatable bonds is 14. The second-order valence-electron chi connectivity index (χ2n) is 10.7. The Morgan fingerprint density at radius 1 is 1.21 bits per heavy atom. The lowest BCUT2D eigenvalue weighted by Gasteiger charge is -2.19. The van der Waals surface area contributed by atoms with Crippen molar-refractivity contribution in [2.75, 3.05) is 37.4 Å². The van der Waals surface area contributed by atoms with E-state index in [9.17, 15) is 10.1 Å². The Kier molecular flexibility index (Phi) is 11.3. The number of nitrogens with one attached hydrogen (secondary N) is 2. The molecule has 0 radical (unpaired) electrons. The molecular weight excluding hydrogens is 526 g/mol. The van der Waals surface area contributed by atoms with Gasteiger partial charge < -0.3 is 25.4 Å². The summed E-state index contributed by atoms with van der Waals surface area (Å²) >= 11 is 0. The molecule has 0 atom stereocenters. The number of fused-ring (bicyclic) bond motifs is 1. The van der Waals surface area contributed by atoms with Crippen molar-refractivity contribution >= 4 is 33.9 Å². The van der Waals surface area contributed by atoms with Crippen LogP contribution in [0.3, 0.4) is 0 Å². The predicted molar refractivity (Wildman–Crippen MR) is 168 cm³/mol. The molecule has 1 aliphatic rings. The largest absolute Gasteiger partial charge is 0.488 e. The Hall–Kier alpha value is -4.37. The Balaban J connectivity index is 1.57. The van der Waals surface area contributed by atoms with Crippen molar-refractivity contribution in [3.05, 3.63) is 65.9 Å². The van der Waals surface area contributed by atoms with Crippen molar-refractivity contribution in [3.8, 4) is 24.2 Å². The second kappa shape index (κ2) is 15.6. The van der Waals surface area contributed by atoms with Crippen LogP contribution in [0.15, 0.2) is 54.7 Å². The van der Waals surface area contributed by atoms with E-state index in [1.807, 2.05) is 49.5 Å². The normalized spacial score (nSPS) is 13.4. The second-order valence-corrected chi connectivity index (χ2v) is 10.7. The molecule has 42 heavy (non-hydrogen) atoms. The van der Waals surface area contributed by atoms with E-state index in [-0.39, 0.29) is 18.6 Å². The minimum Gasteiger partial charge on any atom is -0.488 e. The van der Waals surface area contributed by atoms with Gasteiger partial charge in [0.2, 0.25) is 5.91 Å². The van der Waals surface area contributed by atoms with Crippen molar-refractivity contribution in [2.24, 2.45) is 0 Å². The summed E-state index contributed by atoms with van der Waals surface area (Å²) in [6, 6.07) is 13.3. The SMILES string of the molecule is C#Cc1cccc(Nc2c(C#N)cnc3cc(OC4CCCC4)c(NC(=O)/C=C/CN(C)CCCCCCO)cc23)c1. The number of carbonyl (C=O) groups excluding carboxylic acids is 1. The van der Waals surface area contributed by atoms with Gasteiger partial charge in [-0.2, -0.15) is 5.26 Å². The Morgan fingerprint density at radius 2 is 2.02 bits per heavy atom. The van der Waals surface area contributed by atoms with Crippen LogP contribution in [0.4, 0.5) is 17.1 Å². The molecule has 0 aliphatic heterocycles. The zero-order chi connectivity index (χ0) is 29.7. The highest BCUT2D eigenvalue weighted by molar-refractivity contribution is 6.04. The van der Waals surface area contributed by atoms with Crippen LogP contribution in [0.5, 0.6) is 5.75 Å². The first-order chi connectivity index (χ1) is 20.5. The fourth-order valence-electron chi connectivity index (χ4n) is 5.10. The van der Waals surface area contributed by atoms with Crippen molar-refractivity contribution in [1.29, 1.82) is 5.26 Å². The average Bonchev–Trinajstić information content (AvgIpc) is 3.51. The van der Waals surface area contributed by atoms with E-state index in [4.69, 9.17) is 16.3 Å². The molecule has 218 valence electrons. The summed E-state index contributed by atoms with van der Waals surface area (Å²) in [6.45, 7) is 1.82. The number of aliphatic hydroxyl groups excluding tert-OH is 1. The highest BCUT2D eigenvalue weighted by atomic mass is 16.5. The summed E-state index contributed by atoms with van der Waals surface area (Å²) in [5.41, 5.74) is 3.58. The topological polar surface area (TPSA) is 111 Å². The molecule has 8 nitrogen and oxygen atoms in total. The van der Waals surface area contributed by atoms with Gasteiger partial charge in [-0.3, -0.25) is 9.78 Å². The van der Waals surface area contributed by atoms with Gasteiger partial charge in [-0.15, -0.1) is 6.42 Å². The third-order valence-corrected chi connectivity index (χ3v) is 7.38. The van der Waals surface area contributed by atoms with Gasteiger partial charge in [-0.25, -0.2) is 0 Å². The van der Waals surface area contributed by atoms with Crippen LogP contribution in [-0.4, -0.2) is 53.7 Å². The van der Waals surface area contributed by atoms with Crippen LogP contribution in [0, 0.1) is 23.7 Å². The van der Waals surface area contributed by atoms with Crippen LogP contribution in [0.2, 0.25) is 0 Å². The molecule has 1 saturated carbocycles. The molecule has 2 aromatic carbocycles. The summed E-state index contributed by atoms with van der Waals surface area (Å²) in [7, 11) is 2.03. The summed E-state index contributed by atoms with van der Waals surface area (Å²) in [4.78, 5) is 19.7. The number of unbranched alkanes of at least 4 members (excludes halogenated alkanes) is 3.